The van der Waals surface area contributed by atoms with Crippen molar-refractivity contribution < 1.29 is 24.4 Å². The Kier molecular flexibility index (Phi) is 6.53. The van der Waals surface area contributed by atoms with Gasteiger partial charge in [-0.2, -0.15) is 0 Å². The summed E-state index contributed by atoms with van der Waals surface area (Å²) < 4.78 is 18.1. The Bertz CT molecular complexity index is 800. The summed E-state index contributed by atoms with van der Waals surface area (Å²) in [4.78, 5) is 2.11. The molecule has 0 unspecified atom stereocenters. The summed E-state index contributed by atoms with van der Waals surface area (Å²) in [6.45, 7) is 5.00. The number of nitrogens with zero attached hydrogens (tertiary/aromatic N) is 1. The van der Waals surface area contributed by atoms with E-state index in [1.165, 1.54) is 0 Å². The average Bonchev–Trinajstić information content (AvgIpc) is 3.07. The lowest BCUT2D eigenvalue weighted by Gasteiger charge is -2.46. The van der Waals surface area contributed by atoms with Crippen LogP contribution in [0, 0.1) is 0 Å². The normalized spacial score (nSPS) is 29.5. The Balaban J connectivity index is 1.55. The zero-order chi connectivity index (χ0) is 21.1. The zero-order valence-corrected chi connectivity index (χ0v) is 17.6. The predicted octanol–water partition coefficient (Wildman–Crippen LogP) is 2.50. The number of fused-ring (bicyclic) bond motifs is 1. The molecule has 2 saturated heterocycles. The van der Waals surface area contributed by atoms with Crippen LogP contribution in [0.2, 0.25) is 0 Å². The first kappa shape index (κ1) is 21.4. The number of rotatable bonds is 7. The van der Waals surface area contributed by atoms with Crippen molar-refractivity contribution in [3.63, 3.8) is 0 Å². The lowest BCUT2D eigenvalue weighted by Crippen LogP contribution is -2.62. The molecule has 2 aliphatic rings. The van der Waals surface area contributed by atoms with E-state index in [4.69, 9.17) is 14.2 Å². The van der Waals surface area contributed by atoms with Crippen LogP contribution < -0.4 is 0 Å². The monoisotopic (exact) mass is 413 g/mol. The number of hydrogen-bond donors (Lipinski definition) is 2. The summed E-state index contributed by atoms with van der Waals surface area (Å²) in [5.41, 5.74) is 2.08. The molecule has 5 atom stereocenters. The van der Waals surface area contributed by atoms with Crippen molar-refractivity contribution >= 4 is 0 Å². The number of aliphatic hydroxyl groups is 2. The molecule has 2 aromatic carbocycles. The van der Waals surface area contributed by atoms with E-state index >= 15 is 0 Å². The van der Waals surface area contributed by atoms with E-state index in [1.54, 1.807) is 0 Å². The highest BCUT2D eigenvalue weighted by molar-refractivity contribution is 5.20. The summed E-state index contributed by atoms with van der Waals surface area (Å²) in [5, 5.41) is 21.5. The number of benzene rings is 2. The molecule has 6 nitrogen and oxygen atoms in total. The molecule has 30 heavy (non-hydrogen) atoms. The fraction of sp³-hybridized carbons (Fsp3) is 0.500. The molecular weight excluding hydrogens is 382 g/mol. The van der Waals surface area contributed by atoms with Crippen molar-refractivity contribution in [1.82, 2.24) is 4.90 Å². The van der Waals surface area contributed by atoms with Gasteiger partial charge in [0.25, 0.3) is 0 Å². The quantitative estimate of drug-likeness (QED) is 0.727. The van der Waals surface area contributed by atoms with Crippen molar-refractivity contribution in [3.8, 4) is 0 Å². The average molecular weight is 414 g/mol. The van der Waals surface area contributed by atoms with Crippen molar-refractivity contribution in [2.75, 3.05) is 19.8 Å². The number of hydrogen-bond acceptors (Lipinski definition) is 6. The Morgan fingerprint density at radius 1 is 1.07 bits per heavy atom. The lowest BCUT2D eigenvalue weighted by molar-refractivity contribution is -0.157. The molecule has 0 amide bonds. The van der Waals surface area contributed by atoms with E-state index in [0.29, 0.717) is 19.8 Å². The maximum absolute atomic E-state index is 11.2. The molecule has 6 heteroatoms. The van der Waals surface area contributed by atoms with E-state index < -0.39 is 18.0 Å². The Morgan fingerprint density at radius 3 is 2.40 bits per heavy atom. The summed E-state index contributed by atoms with van der Waals surface area (Å²) in [5.74, 6) is -0.747. The van der Waals surface area contributed by atoms with Crippen LogP contribution in [0.15, 0.2) is 60.7 Å². The first-order valence-corrected chi connectivity index (χ1v) is 10.6. The van der Waals surface area contributed by atoms with Gasteiger partial charge in [-0.3, -0.25) is 4.90 Å². The van der Waals surface area contributed by atoms with Gasteiger partial charge >= 0.3 is 0 Å². The standard InChI is InChI=1S/C24H31NO5/c1-24(2)29-21-13-25(19(14-26)18-11-7-4-8-12-18)20(22(27)23(21)30-24)16-28-15-17-9-5-3-6-10-17/h3-12,19-23,26-27H,13-16H2,1-2H3/t19-,20+,21+,22+,23+/m1/s1. The molecular formula is C24H31NO5. The summed E-state index contributed by atoms with van der Waals surface area (Å²) in [6.07, 6.45) is -1.48. The summed E-state index contributed by atoms with van der Waals surface area (Å²) >= 11 is 0. The zero-order valence-electron chi connectivity index (χ0n) is 17.6. The van der Waals surface area contributed by atoms with Gasteiger partial charge in [-0.25, -0.2) is 0 Å². The van der Waals surface area contributed by atoms with Crippen LogP contribution in [0.1, 0.15) is 31.0 Å². The highest BCUT2D eigenvalue weighted by Gasteiger charge is 2.53. The third kappa shape index (κ3) is 4.59. The molecule has 0 bridgehead atoms. The molecule has 2 aromatic rings. The van der Waals surface area contributed by atoms with E-state index in [2.05, 4.69) is 4.90 Å². The highest BCUT2D eigenvalue weighted by Crippen LogP contribution is 2.38. The van der Waals surface area contributed by atoms with E-state index in [-0.39, 0.29) is 24.8 Å². The fourth-order valence-corrected chi connectivity index (χ4v) is 4.55. The second-order valence-corrected chi connectivity index (χ2v) is 8.50. The molecule has 162 valence electrons. The fourth-order valence-electron chi connectivity index (χ4n) is 4.55. The first-order valence-electron chi connectivity index (χ1n) is 10.6. The van der Waals surface area contributed by atoms with Crippen LogP contribution in [-0.2, 0) is 20.8 Å². The van der Waals surface area contributed by atoms with E-state index in [0.717, 1.165) is 11.1 Å². The SMILES string of the molecule is CC1(C)O[C@@H]2[C@@H](O)[C@H](COCc3ccccc3)N([C@H](CO)c3ccccc3)C[C@@H]2O1. The molecule has 2 aliphatic heterocycles. The molecule has 2 N–H and O–H groups in total. The molecule has 2 fully saturated rings. The van der Waals surface area contributed by atoms with Crippen molar-refractivity contribution in [2.24, 2.45) is 0 Å². The van der Waals surface area contributed by atoms with Gasteiger partial charge in [-0.05, 0) is 25.0 Å². The van der Waals surface area contributed by atoms with Gasteiger partial charge in [-0.15, -0.1) is 0 Å². The minimum atomic E-state index is -0.793. The topological polar surface area (TPSA) is 71.4 Å². The molecule has 0 radical (unpaired) electrons. The third-order valence-electron chi connectivity index (χ3n) is 5.93. The van der Waals surface area contributed by atoms with Gasteiger partial charge in [-0.1, -0.05) is 60.7 Å². The molecule has 2 heterocycles. The minimum Gasteiger partial charge on any atom is -0.394 e. The van der Waals surface area contributed by atoms with E-state index in [1.807, 2.05) is 74.5 Å². The van der Waals surface area contributed by atoms with Crippen LogP contribution in [0.4, 0.5) is 0 Å². The summed E-state index contributed by atoms with van der Waals surface area (Å²) in [6, 6.07) is 19.2. The van der Waals surface area contributed by atoms with Crippen LogP contribution in [-0.4, -0.2) is 65.0 Å². The van der Waals surface area contributed by atoms with Gasteiger partial charge in [0.05, 0.1) is 31.9 Å². The van der Waals surface area contributed by atoms with E-state index in [9.17, 15) is 10.2 Å². The highest BCUT2D eigenvalue weighted by atomic mass is 16.8. The smallest absolute Gasteiger partial charge is 0.163 e. The maximum Gasteiger partial charge on any atom is 0.163 e. The number of aliphatic hydroxyl groups excluding tert-OH is 2. The van der Waals surface area contributed by atoms with Crippen molar-refractivity contribution in [2.45, 2.75) is 56.6 Å². The lowest BCUT2D eigenvalue weighted by atomic mass is 9.91. The van der Waals surface area contributed by atoms with Crippen LogP contribution in [0.3, 0.4) is 0 Å². The second-order valence-electron chi connectivity index (χ2n) is 8.50. The second kappa shape index (κ2) is 9.14. The minimum absolute atomic E-state index is 0.0619. The Morgan fingerprint density at radius 2 is 1.73 bits per heavy atom. The Labute approximate surface area is 178 Å². The largest absolute Gasteiger partial charge is 0.394 e. The van der Waals surface area contributed by atoms with Gasteiger partial charge in [0.1, 0.15) is 18.3 Å². The summed E-state index contributed by atoms with van der Waals surface area (Å²) in [7, 11) is 0. The molecule has 0 saturated carbocycles. The molecule has 0 aromatic heterocycles. The predicted molar refractivity (Wildman–Crippen MR) is 113 cm³/mol. The Hall–Kier alpha value is -1.80. The van der Waals surface area contributed by atoms with Gasteiger partial charge in [0.2, 0.25) is 0 Å². The van der Waals surface area contributed by atoms with Crippen molar-refractivity contribution in [1.29, 1.82) is 0 Å². The third-order valence-corrected chi connectivity index (χ3v) is 5.93. The first-order chi connectivity index (χ1) is 14.5. The van der Waals surface area contributed by atoms with Crippen molar-refractivity contribution in [3.05, 3.63) is 71.8 Å². The number of piperidine rings is 1. The van der Waals surface area contributed by atoms with Crippen LogP contribution in [0.25, 0.3) is 0 Å². The molecule has 0 spiro atoms. The maximum atomic E-state index is 11.2. The van der Waals surface area contributed by atoms with Gasteiger partial charge in [0.15, 0.2) is 5.79 Å². The van der Waals surface area contributed by atoms with Crippen LogP contribution >= 0.6 is 0 Å². The van der Waals surface area contributed by atoms with Gasteiger partial charge in [0, 0.05) is 6.54 Å². The molecule has 0 aliphatic carbocycles. The number of ether oxygens (including phenoxy) is 3. The van der Waals surface area contributed by atoms with Gasteiger partial charge < -0.3 is 24.4 Å². The number of likely N-dealkylation sites (tertiary alicyclic amines) is 1. The molecule has 4 rings (SSSR count). The van der Waals surface area contributed by atoms with Crippen LogP contribution in [0.5, 0.6) is 0 Å².